The SMILES string of the molecule is Cc1cc(C)c(NC(=O)Nc2cc3ccccc3cc2C(=O)NC2(C(=O)O)CCOCC2)c(C)c1. The lowest BCUT2D eigenvalue weighted by atomic mass is 9.89. The summed E-state index contributed by atoms with van der Waals surface area (Å²) in [6.45, 7) is 6.32. The van der Waals surface area contributed by atoms with Crippen LogP contribution in [0.15, 0.2) is 48.5 Å². The van der Waals surface area contributed by atoms with Crippen LogP contribution in [0.5, 0.6) is 0 Å². The molecule has 8 nitrogen and oxygen atoms in total. The first-order valence-corrected chi connectivity index (χ1v) is 11.5. The highest BCUT2D eigenvalue weighted by molar-refractivity contribution is 6.10. The van der Waals surface area contributed by atoms with Gasteiger partial charge < -0.3 is 25.8 Å². The van der Waals surface area contributed by atoms with Gasteiger partial charge in [0.25, 0.3) is 5.91 Å². The Labute approximate surface area is 203 Å². The van der Waals surface area contributed by atoms with Crippen LogP contribution in [-0.4, -0.2) is 41.8 Å². The number of hydrogen-bond acceptors (Lipinski definition) is 4. The molecule has 35 heavy (non-hydrogen) atoms. The third-order valence-corrected chi connectivity index (χ3v) is 6.40. The van der Waals surface area contributed by atoms with Crippen molar-refractivity contribution in [3.8, 4) is 0 Å². The fourth-order valence-corrected chi connectivity index (χ4v) is 4.57. The van der Waals surface area contributed by atoms with E-state index in [4.69, 9.17) is 4.74 Å². The van der Waals surface area contributed by atoms with Crippen LogP contribution in [0.4, 0.5) is 16.2 Å². The number of hydrogen-bond donors (Lipinski definition) is 4. The summed E-state index contributed by atoms with van der Waals surface area (Å²) in [5.41, 5.74) is 2.70. The molecular formula is C27H29N3O5. The number of amides is 3. The zero-order valence-corrected chi connectivity index (χ0v) is 20.0. The average Bonchev–Trinajstić information content (AvgIpc) is 2.81. The van der Waals surface area contributed by atoms with Crippen molar-refractivity contribution in [3.63, 3.8) is 0 Å². The molecule has 1 saturated heterocycles. The molecule has 0 aromatic heterocycles. The number of benzene rings is 3. The number of urea groups is 1. The molecule has 1 heterocycles. The molecule has 0 spiro atoms. The first kappa shape index (κ1) is 24.2. The van der Waals surface area contributed by atoms with Crippen molar-refractivity contribution < 1.29 is 24.2 Å². The number of carbonyl (C=O) groups is 3. The molecule has 0 aliphatic carbocycles. The van der Waals surface area contributed by atoms with E-state index < -0.39 is 23.4 Å². The summed E-state index contributed by atoms with van der Waals surface area (Å²) in [6, 6.07) is 14.3. The van der Waals surface area contributed by atoms with Crippen LogP contribution in [0.1, 0.15) is 39.9 Å². The normalized spacial score (nSPS) is 14.8. The van der Waals surface area contributed by atoms with E-state index >= 15 is 0 Å². The van der Waals surface area contributed by atoms with Crippen molar-refractivity contribution in [2.24, 2.45) is 0 Å². The summed E-state index contributed by atoms with van der Waals surface area (Å²) in [4.78, 5) is 38.4. The maximum atomic E-state index is 13.4. The van der Waals surface area contributed by atoms with Crippen molar-refractivity contribution in [2.45, 2.75) is 39.2 Å². The Kier molecular flexibility index (Phi) is 6.75. The van der Waals surface area contributed by atoms with Gasteiger partial charge in [0.1, 0.15) is 5.54 Å². The van der Waals surface area contributed by atoms with E-state index in [0.29, 0.717) is 5.69 Å². The highest BCUT2D eigenvalue weighted by Crippen LogP contribution is 2.28. The van der Waals surface area contributed by atoms with Crippen LogP contribution in [-0.2, 0) is 9.53 Å². The lowest BCUT2D eigenvalue weighted by molar-refractivity contribution is -0.148. The standard InChI is InChI=1S/C27H29N3O5/c1-16-12-17(2)23(18(3)13-16)29-26(34)28-22-15-20-7-5-4-6-19(20)14-21(22)24(31)30-27(25(32)33)8-10-35-11-9-27/h4-7,12-15H,8-11H2,1-3H3,(H,30,31)(H,32,33)(H2,28,29,34). The third-order valence-electron chi connectivity index (χ3n) is 6.40. The smallest absolute Gasteiger partial charge is 0.329 e. The Bertz CT molecular complexity index is 1290. The molecule has 4 N–H and O–H groups in total. The molecule has 0 radical (unpaired) electrons. The second-order valence-electron chi connectivity index (χ2n) is 9.05. The molecule has 0 saturated carbocycles. The Morgan fingerprint density at radius 1 is 0.886 bits per heavy atom. The van der Waals surface area contributed by atoms with Gasteiger partial charge in [-0.25, -0.2) is 9.59 Å². The molecule has 0 atom stereocenters. The van der Waals surface area contributed by atoms with Gasteiger partial charge in [0, 0.05) is 31.7 Å². The van der Waals surface area contributed by atoms with E-state index in [1.807, 2.05) is 57.2 Å². The Balaban J connectivity index is 1.66. The largest absolute Gasteiger partial charge is 0.480 e. The van der Waals surface area contributed by atoms with Crippen molar-refractivity contribution in [2.75, 3.05) is 23.8 Å². The number of aryl methyl sites for hydroxylation is 3. The summed E-state index contributed by atoms with van der Waals surface area (Å²) in [5.74, 6) is -1.68. The summed E-state index contributed by atoms with van der Waals surface area (Å²) in [5, 5.41) is 19.9. The molecule has 0 bridgehead atoms. The molecule has 3 aromatic carbocycles. The number of aliphatic carboxylic acids is 1. The number of anilines is 2. The third kappa shape index (κ3) is 5.12. The summed E-state index contributed by atoms with van der Waals surface area (Å²) >= 11 is 0. The van der Waals surface area contributed by atoms with E-state index in [1.54, 1.807) is 12.1 Å². The zero-order chi connectivity index (χ0) is 25.2. The molecule has 8 heteroatoms. The van der Waals surface area contributed by atoms with Gasteiger partial charge >= 0.3 is 12.0 Å². The fourth-order valence-electron chi connectivity index (χ4n) is 4.57. The highest BCUT2D eigenvalue weighted by Gasteiger charge is 2.42. The van der Waals surface area contributed by atoms with Gasteiger partial charge in [0.15, 0.2) is 0 Å². The number of carbonyl (C=O) groups excluding carboxylic acids is 2. The van der Waals surface area contributed by atoms with Gasteiger partial charge in [-0.1, -0.05) is 42.0 Å². The maximum absolute atomic E-state index is 13.4. The molecule has 4 rings (SSSR count). The van der Waals surface area contributed by atoms with Crippen molar-refractivity contribution in [1.29, 1.82) is 0 Å². The van der Waals surface area contributed by atoms with Crippen LogP contribution in [0.25, 0.3) is 10.8 Å². The van der Waals surface area contributed by atoms with Crippen LogP contribution >= 0.6 is 0 Å². The zero-order valence-electron chi connectivity index (χ0n) is 20.0. The first-order chi connectivity index (χ1) is 16.7. The second-order valence-corrected chi connectivity index (χ2v) is 9.05. The minimum atomic E-state index is -1.42. The molecule has 182 valence electrons. The molecule has 1 aliphatic heterocycles. The lowest BCUT2D eigenvalue weighted by Crippen LogP contribution is -2.57. The van der Waals surface area contributed by atoms with Gasteiger partial charge in [0.2, 0.25) is 0 Å². The number of fused-ring (bicyclic) bond motifs is 1. The number of carboxylic acids is 1. The Morgan fingerprint density at radius 2 is 1.49 bits per heavy atom. The monoisotopic (exact) mass is 475 g/mol. The average molecular weight is 476 g/mol. The van der Waals surface area contributed by atoms with Gasteiger partial charge in [-0.3, -0.25) is 4.79 Å². The van der Waals surface area contributed by atoms with Gasteiger partial charge in [-0.15, -0.1) is 0 Å². The van der Waals surface area contributed by atoms with Crippen LogP contribution in [0.3, 0.4) is 0 Å². The molecule has 1 aliphatic rings. The van der Waals surface area contributed by atoms with E-state index in [0.717, 1.165) is 27.5 Å². The predicted octanol–water partition coefficient (Wildman–Crippen LogP) is 4.77. The molecule has 0 unspecified atom stereocenters. The molecule has 1 fully saturated rings. The number of rotatable bonds is 5. The minimum Gasteiger partial charge on any atom is -0.480 e. The quantitative estimate of drug-likeness (QED) is 0.424. The van der Waals surface area contributed by atoms with Crippen molar-refractivity contribution in [1.82, 2.24) is 5.32 Å². The van der Waals surface area contributed by atoms with E-state index in [2.05, 4.69) is 16.0 Å². The maximum Gasteiger partial charge on any atom is 0.329 e. The predicted molar refractivity (Wildman–Crippen MR) is 135 cm³/mol. The number of nitrogens with one attached hydrogen (secondary N) is 3. The second kappa shape index (κ2) is 9.76. The van der Waals surface area contributed by atoms with Crippen molar-refractivity contribution in [3.05, 3.63) is 70.8 Å². The number of ether oxygens (including phenoxy) is 1. The van der Waals surface area contributed by atoms with Gasteiger partial charge in [0.05, 0.1) is 11.3 Å². The van der Waals surface area contributed by atoms with Crippen LogP contribution in [0, 0.1) is 20.8 Å². The van der Waals surface area contributed by atoms with E-state index in [9.17, 15) is 19.5 Å². The van der Waals surface area contributed by atoms with Crippen molar-refractivity contribution >= 4 is 40.1 Å². The first-order valence-electron chi connectivity index (χ1n) is 11.5. The van der Waals surface area contributed by atoms with Gasteiger partial charge in [-0.2, -0.15) is 0 Å². The lowest BCUT2D eigenvalue weighted by Gasteiger charge is -2.34. The molecule has 3 aromatic rings. The molecule has 3 amide bonds. The summed E-state index contributed by atoms with van der Waals surface area (Å²) < 4.78 is 5.30. The molecular weight excluding hydrogens is 446 g/mol. The fraction of sp³-hybridized carbons (Fsp3) is 0.296. The summed E-state index contributed by atoms with van der Waals surface area (Å²) in [6.07, 6.45) is 0.327. The van der Waals surface area contributed by atoms with Crippen LogP contribution < -0.4 is 16.0 Å². The number of carboxylic acid groups (broad SMARTS) is 1. The van der Waals surface area contributed by atoms with Gasteiger partial charge in [-0.05, 0) is 54.8 Å². The highest BCUT2D eigenvalue weighted by atomic mass is 16.5. The topological polar surface area (TPSA) is 117 Å². The Hall–Kier alpha value is -3.91. The van der Waals surface area contributed by atoms with E-state index in [1.165, 1.54) is 0 Å². The van der Waals surface area contributed by atoms with Crippen LogP contribution in [0.2, 0.25) is 0 Å². The Morgan fingerprint density at radius 3 is 2.09 bits per heavy atom. The minimum absolute atomic E-state index is 0.164. The van der Waals surface area contributed by atoms with E-state index in [-0.39, 0.29) is 37.3 Å². The summed E-state index contributed by atoms with van der Waals surface area (Å²) in [7, 11) is 0.